The zero-order chi connectivity index (χ0) is 17.8. The highest BCUT2D eigenvalue weighted by molar-refractivity contribution is 5.60. The molecule has 5 nitrogen and oxygen atoms in total. The number of aromatic nitrogens is 5. The minimum absolute atomic E-state index is 0.696. The smallest absolute Gasteiger partial charge is 0.178 e. The van der Waals surface area contributed by atoms with Gasteiger partial charge in [-0.05, 0) is 19.9 Å². The summed E-state index contributed by atoms with van der Waals surface area (Å²) in [6.07, 6.45) is 7.09. The number of aryl methyl sites for hydroxylation is 2. The lowest BCUT2D eigenvalue weighted by Gasteiger charge is -2.01. The Labute approximate surface area is 139 Å². The van der Waals surface area contributed by atoms with Crippen LogP contribution in [0.4, 0.5) is 0 Å². The number of hydrogen-bond donors (Lipinski definition) is 0. The molecule has 0 saturated heterocycles. The van der Waals surface area contributed by atoms with Crippen molar-refractivity contribution in [2.24, 2.45) is 0 Å². The highest BCUT2D eigenvalue weighted by Gasteiger charge is 2.12. The SMILES string of the molecule is CC.CC.CC.Cc1ccnc(-c2c(C)nc3cnccn23)n1. The van der Waals surface area contributed by atoms with E-state index in [0.717, 1.165) is 22.7 Å². The summed E-state index contributed by atoms with van der Waals surface area (Å²) in [5, 5.41) is 0. The number of rotatable bonds is 1. The Morgan fingerprint density at radius 2 is 1.52 bits per heavy atom. The predicted molar refractivity (Wildman–Crippen MR) is 97.5 cm³/mol. The standard InChI is InChI=1S/C12H11N5.3C2H6/c1-8-3-4-14-12(15-8)11-9(2)16-10-7-13-5-6-17(10)11;3*1-2/h3-7H,1-2H3;3*1-2H3. The van der Waals surface area contributed by atoms with Crippen LogP contribution in [0.1, 0.15) is 52.9 Å². The second-order valence-electron chi connectivity index (χ2n) is 3.87. The monoisotopic (exact) mass is 315 g/mol. The van der Waals surface area contributed by atoms with Gasteiger partial charge in [0.25, 0.3) is 0 Å². The number of fused-ring (bicyclic) bond motifs is 1. The third-order valence-corrected chi connectivity index (χ3v) is 2.61. The van der Waals surface area contributed by atoms with E-state index in [4.69, 9.17) is 0 Å². The lowest BCUT2D eigenvalue weighted by Crippen LogP contribution is -1.96. The van der Waals surface area contributed by atoms with Crippen LogP contribution in [0.25, 0.3) is 17.2 Å². The van der Waals surface area contributed by atoms with E-state index in [1.165, 1.54) is 0 Å². The lowest BCUT2D eigenvalue weighted by molar-refractivity contribution is 1.06. The van der Waals surface area contributed by atoms with Crippen LogP contribution in [0, 0.1) is 13.8 Å². The maximum absolute atomic E-state index is 4.44. The van der Waals surface area contributed by atoms with E-state index in [1.807, 2.05) is 72.1 Å². The fourth-order valence-electron chi connectivity index (χ4n) is 1.86. The molecule has 0 bridgehead atoms. The number of hydrogen-bond acceptors (Lipinski definition) is 4. The Morgan fingerprint density at radius 1 is 0.870 bits per heavy atom. The maximum atomic E-state index is 4.44. The molecule has 3 aromatic heterocycles. The zero-order valence-corrected chi connectivity index (χ0v) is 15.6. The second-order valence-corrected chi connectivity index (χ2v) is 3.87. The highest BCUT2D eigenvalue weighted by Crippen LogP contribution is 2.20. The molecule has 5 heteroatoms. The first-order valence-corrected chi connectivity index (χ1v) is 8.34. The molecule has 0 unspecified atom stereocenters. The highest BCUT2D eigenvalue weighted by atomic mass is 15.1. The van der Waals surface area contributed by atoms with Crippen molar-refractivity contribution in [2.45, 2.75) is 55.4 Å². The van der Waals surface area contributed by atoms with Crippen LogP contribution >= 0.6 is 0 Å². The molecule has 3 aromatic rings. The largest absolute Gasteiger partial charge is 0.294 e. The van der Waals surface area contributed by atoms with Crippen molar-refractivity contribution in [1.29, 1.82) is 0 Å². The topological polar surface area (TPSA) is 56.0 Å². The Kier molecular flexibility index (Phi) is 10.2. The molecule has 0 aliphatic heterocycles. The van der Waals surface area contributed by atoms with E-state index in [2.05, 4.69) is 19.9 Å². The van der Waals surface area contributed by atoms with E-state index >= 15 is 0 Å². The van der Waals surface area contributed by atoms with Gasteiger partial charge in [0, 0.05) is 24.3 Å². The van der Waals surface area contributed by atoms with Gasteiger partial charge >= 0.3 is 0 Å². The summed E-state index contributed by atoms with van der Waals surface area (Å²) >= 11 is 0. The Morgan fingerprint density at radius 3 is 2.13 bits per heavy atom. The van der Waals surface area contributed by atoms with Crippen molar-refractivity contribution in [3.63, 3.8) is 0 Å². The average Bonchev–Trinajstić information content (AvgIpc) is 2.96. The van der Waals surface area contributed by atoms with Gasteiger partial charge in [0.05, 0.1) is 11.9 Å². The Balaban J connectivity index is 0.000000728. The minimum atomic E-state index is 0.696. The predicted octanol–water partition coefficient (Wildman–Crippen LogP) is 4.88. The zero-order valence-electron chi connectivity index (χ0n) is 15.6. The first-order chi connectivity index (χ1) is 11.3. The molecule has 0 amide bonds. The van der Waals surface area contributed by atoms with Crippen molar-refractivity contribution in [3.8, 4) is 11.5 Å². The summed E-state index contributed by atoms with van der Waals surface area (Å²) in [6.45, 7) is 15.9. The van der Waals surface area contributed by atoms with Gasteiger partial charge in [-0.3, -0.25) is 9.38 Å². The third kappa shape index (κ3) is 5.13. The van der Waals surface area contributed by atoms with Crippen molar-refractivity contribution >= 4 is 5.65 Å². The van der Waals surface area contributed by atoms with Crippen molar-refractivity contribution in [1.82, 2.24) is 24.3 Å². The summed E-state index contributed by atoms with van der Waals surface area (Å²) in [5.41, 5.74) is 3.58. The van der Waals surface area contributed by atoms with Crippen LogP contribution in [0.3, 0.4) is 0 Å². The molecular weight excluding hydrogens is 286 g/mol. The summed E-state index contributed by atoms with van der Waals surface area (Å²) in [7, 11) is 0. The normalized spacial score (nSPS) is 8.87. The molecule has 3 rings (SSSR count). The Bertz CT molecular complexity index is 689. The molecule has 0 aliphatic rings. The molecule has 0 atom stereocenters. The van der Waals surface area contributed by atoms with Crippen LogP contribution in [0.2, 0.25) is 0 Å². The third-order valence-electron chi connectivity index (χ3n) is 2.61. The van der Waals surface area contributed by atoms with Crippen molar-refractivity contribution < 1.29 is 0 Å². The van der Waals surface area contributed by atoms with Crippen LogP contribution in [0.15, 0.2) is 30.9 Å². The first-order valence-electron chi connectivity index (χ1n) is 8.34. The quantitative estimate of drug-likeness (QED) is 0.642. The maximum Gasteiger partial charge on any atom is 0.178 e. The van der Waals surface area contributed by atoms with Crippen molar-refractivity contribution in [3.05, 3.63) is 42.2 Å². The number of imidazole rings is 1. The van der Waals surface area contributed by atoms with E-state index < -0.39 is 0 Å². The molecule has 0 aliphatic carbocycles. The van der Waals surface area contributed by atoms with Gasteiger partial charge < -0.3 is 0 Å². The van der Waals surface area contributed by atoms with Gasteiger partial charge in [-0.25, -0.2) is 15.0 Å². The molecule has 0 N–H and O–H groups in total. The van der Waals surface area contributed by atoms with Gasteiger partial charge in [-0.15, -0.1) is 0 Å². The van der Waals surface area contributed by atoms with Gasteiger partial charge in [0.1, 0.15) is 5.69 Å². The van der Waals surface area contributed by atoms with E-state index in [0.29, 0.717) is 5.82 Å². The number of nitrogens with zero attached hydrogens (tertiary/aromatic N) is 5. The average molecular weight is 315 g/mol. The molecular formula is C18H29N5. The molecule has 0 aromatic carbocycles. The second kappa shape index (κ2) is 11.3. The molecule has 0 spiro atoms. The van der Waals surface area contributed by atoms with Crippen LogP contribution in [-0.2, 0) is 0 Å². The molecule has 0 radical (unpaired) electrons. The summed E-state index contributed by atoms with van der Waals surface area (Å²) in [5.74, 6) is 0.696. The minimum Gasteiger partial charge on any atom is -0.294 e. The summed E-state index contributed by atoms with van der Waals surface area (Å²) in [6, 6.07) is 1.88. The van der Waals surface area contributed by atoms with Gasteiger partial charge in [0.15, 0.2) is 11.5 Å². The van der Waals surface area contributed by atoms with Crippen LogP contribution in [0.5, 0.6) is 0 Å². The lowest BCUT2D eigenvalue weighted by atomic mass is 10.3. The molecule has 0 fully saturated rings. The summed E-state index contributed by atoms with van der Waals surface area (Å²) < 4.78 is 1.96. The van der Waals surface area contributed by atoms with Crippen LogP contribution in [-0.4, -0.2) is 24.3 Å². The van der Waals surface area contributed by atoms with Crippen LogP contribution < -0.4 is 0 Å². The van der Waals surface area contributed by atoms with E-state index in [9.17, 15) is 0 Å². The van der Waals surface area contributed by atoms with Gasteiger partial charge in [-0.2, -0.15) is 0 Å². The molecule has 23 heavy (non-hydrogen) atoms. The first kappa shape index (κ1) is 20.7. The molecule has 0 saturated carbocycles. The van der Waals surface area contributed by atoms with E-state index in [1.54, 1.807) is 18.6 Å². The fourth-order valence-corrected chi connectivity index (χ4v) is 1.86. The molecule has 126 valence electrons. The molecule has 3 heterocycles. The van der Waals surface area contributed by atoms with Gasteiger partial charge in [-0.1, -0.05) is 41.5 Å². The van der Waals surface area contributed by atoms with Crippen molar-refractivity contribution in [2.75, 3.05) is 0 Å². The summed E-state index contributed by atoms with van der Waals surface area (Å²) in [4.78, 5) is 17.2. The Hall–Kier alpha value is -2.30. The van der Waals surface area contributed by atoms with Gasteiger partial charge in [0.2, 0.25) is 0 Å². The van der Waals surface area contributed by atoms with E-state index in [-0.39, 0.29) is 0 Å². The fraction of sp³-hybridized carbons (Fsp3) is 0.444.